The zero-order chi connectivity index (χ0) is 16.4. The van der Waals surface area contributed by atoms with Crippen molar-refractivity contribution in [2.45, 2.75) is 13.8 Å². The molecule has 1 fully saturated rings. The smallest absolute Gasteiger partial charge is 0.274 e. The molecule has 1 aliphatic heterocycles. The van der Waals surface area contributed by atoms with E-state index >= 15 is 0 Å². The molecule has 2 amide bonds. The second-order valence-corrected chi connectivity index (χ2v) is 5.81. The van der Waals surface area contributed by atoms with Crippen LogP contribution in [0.15, 0.2) is 36.8 Å². The first-order valence-electron chi connectivity index (χ1n) is 7.48. The van der Waals surface area contributed by atoms with Gasteiger partial charge >= 0.3 is 0 Å². The van der Waals surface area contributed by atoms with E-state index in [1.807, 2.05) is 32.0 Å². The molecule has 1 aromatic heterocycles. The zero-order valence-electron chi connectivity index (χ0n) is 13.1. The van der Waals surface area contributed by atoms with Crippen LogP contribution < -0.4 is 5.32 Å². The molecule has 118 valence electrons. The number of hydrogen-bond donors (Lipinski definition) is 1. The fourth-order valence-electron chi connectivity index (χ4n) is 2.57. The van der Waals surface area contributed by atoms with Crippen LogP contribution in [0.1, 0.15) is 21.6 Å². The van der Waals surface area contributed by atoms with Crippen molar-refractivity contribution < 1.29 is 9.59 Å². The van der Waals surface area contributed by atoms with Crippen LogP contribution in [0.4, 0.5) is 5.69 Å². The molecule has 0 aliphatic carbocycles. The number of amides is 2. The topological polar surface area (TPSA) is 75.2 Å². The number of benzene rings is 1. The standard InChI is InChI=1S/C17H18N4O2/c1-11-3-4-14(12(2)7-11)20-16(22)13-9-21(10-13)17(23)15-8-18-5-6-19-15/h3-8,13H,9-10H2,1-2H3,(H,20,22). The van der Waals surface area contributed by atoms with E-state index in [9.17, 15) is 9.59 Å². The maximum atomic E-state index is 12.3. The van der Waals surface area contributed by atoms with Crippen molar-refractivity contribution in [2.24, 2.45) is 5.92 Å². The van der Waals surface area contributed by atoms with E-state index in [4.69, 9.17) is 0 Å². The minimum atomic E-state index is -0.186. The van der Waals surface area contributed by atoms with E-state index in [-0.39, 0.29) is 17.7 Å². The monoisotopic (exact) mass is 310 g/mol. The molecule has 0 atom stereocenters. The first kappa shape index (κ1) is 15.1. The number of nitrogens with zero attached hydrogens (tertiary/aromatic N) is 3. The number of aromatic nitrogens is 2. The second-order valence-electron chi connectivity index (χ2n) is 5.81. The molecule has 2 heterocycles. The minimum Gasteiger partial charge on any atom is -0.336 e. The highest BCUT2D eigenvalue weighted by molar-refractivity contribution is 5.97. The van der Waals surface area contributed by atoms with Crippen molar-refractivity contribution in [1.29, 1.82) is 0 Å². The lowest BCUT2D eigenvalue weighted by molar-refractivity contribution is -0.123. The number of carbonyl (C=O) groups is 2. The molecule has 6 nitrogen and oxygen atoms in total. The molecular weight excluding hydrogens is 292 g/mol. The summed E-state index contributed by atoms with van der Waals surface area (Å²) in [5, 5.41) is 2.93. The van der Waals surface area contributed by atoms with Gasteiger partial charge in [-0.2, -0.15) is 0 Å². The van der Waals surface area contributed by atoms with Crippen LogP contribution in [0.25, 0.3) is 0 Å². The average molecular weight is 310 g/mol. The third-order valence-electron chi connectivity index (χ3n) is 3.96. The van der Waals surface area contributed by atoms with E-state index in [1.54, 1.807) is 4.90 Å². The summed E-state index contributed by atoms with van der Waals surface area (Å²) in [6, 6.07) is 5.90. The van der Waals surface area contributed by atoms with E-state index in [0.29, 0.717) is 18.8 Å². The van der Waals surface area contributed by atoms with Crippen molar-refractivity contribution >= 4 is 17.5 Å². The van der Waals surface area contributed by atoms with Crippen molar-refractivity contribution in [2.75, 3.05) is 18.4 Å². The summed E-state index contributed by atoms with van der Waals surface area (Å²) < 4.78 is 0. The SMILES string of the molecule is Cc1ccc(NC(=O)C2CN(C(=O)c3cnccn3)C2)c(C)c1. The lowest BCUT2D eigenvalue weighted by Gasteiger charge is -2.37. The Labute approximate surface area is 134 Å². The Morgan fingerprint density at radius 1 is 1.22 bits per heavy atom. The van der Waals surface area contributed by atoms with Gasteiger partial charge in [0.05, 0.1) is 12.1 Å². The van der Waals surface area contributed by atoms with Crippen LogP contribution in [0, 0.1) is 19.8 Å². The molecule has 3 rings (SSSR count). The Morgan fingerprint density at radius 2 is 2.00 bits per heavy atom. The van der Waals surface area contributed by atoms with Crippen molar-refractivity contribution in [3.05, 3.63) is 53.6 Å². The van der Waals surface area contributed by atoms with Crippen LogP contribution in [0.3, 0.4) is 0 Å². The van der Waals surface area contributed by atoms with Gasteiger partial charge in [0, 0.05) is 31.2 Å². The van der Waals surface area contributed by atoms with Crippen molar-refractivity contribution in [1.82, 2.24) is 14.9 Å². The molecule has 6 heteroatoms. The molecule has 0 bridgehead atoms. The Bertz CT molecular complexity index is 740. The molecule has 1 aromatic carbocycles. The van der Waals surface area contributed by atoms with Crippen LogP contribution in [-0.4, -0.2) is 39.8 Å². The third kappa shape index (κ3) is 3.21. The van der Waals surface area contributed by atoms with Crippen molar-refractivity contribution in [3.63, 3.8) is 0 Å². The number of rotatable bonds is 3. The molecule has 0 saturated carbocycles. The fourth-order valence-corrected chi connectivity index (χ4v) is 2.57. The third-order valence-corrected chi connectivity index (χ3v) is 3.96. The van der Waals surface area contributed by atoms with Crippen LogP contribution in [0.2, 0.25) is 0 Å². The van der Waals surface area contributed by atoms with Crippen LogP contribution >= 0.6 is 0 Å². The molecule has 1 N–H and O–H groups in total. The number of likely N-dealkylation sites (tertiary alicyclic amines) is 1. The summed E-state index contributed by atoms with van der Waals surface area (Å²) in [4.78, 5) is 33.9. The quantitative estimate of drug-likeness (QED) is 0.938. The molecular formula is C17H18N4O2. The first-order chi connectivity index (χ1) is 11.0. The maximum absolute atomic E-state index is 12.3. The highest BCUT2D eigenvalue weighted by atomic mass is 16.2. The zero-order valence-corrected chi connectivity index (χ0v) is 13.1. The van der Waals surface area contributed by atoms with Gasteiger partial charge in [-0.25, -0.2) is 4.98 Å². The van der Waals surface area contributed by atoms with Gasteiger partial charge in [-0.15, -0.1) is 0 Å². The summed E-state index contributed by atoms with van der Waals surface area (Å²) in [6.45, 7) is 4.80. The molecule has 0 unspecified atom stereocenters. The Kier molecular flexibility index (Phi) is 4.06. The summed E-state index contributed by atoms with van der Waals surface area (Å²) in [5.41, 5.74) is 3.31. The summed E-state index contributed by atoms with van der Waals surface area (Å²) >= 11 is 0. The Morgan fingerprint density at radius 3 is 2.65 bits per heavy atom. The Balaban J connectivity index is 1.57. The summed E-state index contributed by atoms with van der Waals surface area (Å²) in [6.07, 6.45) is 4.44. The molecule has 2 aromatic rings. The van der Waals surface area contributed by atoms with Crippen molar-refractivity contribution in [3.8, 4) is 0 Å². The molecule has 23 heavy (non-hydrogen) atoms. The predicted molar refractivity (Wildman–Crippen MR) is 86.0 cm³/mol. The van der Waals surface area contributed by atoms with E-state index < -0.39 is 0 Å². The van der Waals surface area contributed by atoms with Gasteiger partial charge in [0.2, 0.25) is 5.91 Å². The summed E-state index contributed by atoms with van der Waals surface area (Å²) in [7, 11) is 0. The van der Waals surface area contributed by atoms with Gasteiger partial charge in [0.1, 0.15) is 5.69 Å². The lowest BCUT2D eigenvalue weighted by Crippen LogP contribution is -2.54. The van der Waals surface area contributed by atoms with Gasteiger partial charge in [0.25, 0.3) is 5.91 Å². The average Bonchev–Trinajstić information content (AvgIpc) is 2.49. The van der Waals surface area contributed by atoms with Crippen LogP contribution in [-0.2, 0) is 4.79 Å². The van der Waals surface area contributed by atoms with Gasteiger partial charge in [-0.3, -0.25) is 14.6 Å². The fraction of sp³-hybridized carbons (Fsp3) is 0.294. The number of carbonyl (C=O) groups excluding carboxylic acids is 2. The minimum absolute atomic E-state index is 0.0554. The number of anilines is 1. The molecule has 1 aliphatic rings. The lowest BCUT2D eigenvalue weighted by atomic mass is 9.98. The summed E-state index contributed by atoms with van der Waals surface area (Å²) in [5.74, 6) is -0.426. The highest BCUT2D eigenvalue weighted by Gasteiger charge is 2.36. The van der Waals surface area contributed by atoms with E-state index in [2.05, 4.69) is 15.3 Å². The normalized spacial score (nSPS) is 14.3. The highest BCUT2D eigenvalue weighted by Crippen LogP contribution is 2.22. The molecule has 0 spiro atoms. The van der Waals surface area contributed by atoms with Gasteiger partial charge < -0.3 is 10.2 Å². The maximum Gasteiger partial charge on any atom is 0.274 e. The molecule has 1 saturated heterocycles. The number of nitrogens with one attached hydrogen (secondary N) is 1. The second kappa shape index (κ2) is 6.16. The van der Waals surface area contributed by atoms with E-state index in [1.165, 1.54) is 18.6 Å². The van der Waals surface area contributed by atoms with Gasteiger partial charge in [-0.1, -0.05) is 17.7 Å². The van der Waals surface area contributed by atoms with E-state index in [0.717, 1.165) is 16.8 Å². The Hall–Kier alpha value is -2.76. The van der Waals surface area contributed by atoms with Gasteiger partial charge in [-0.05, 0) is 25.5 Å². The number of hydrogen-bond acceptors (Lipinski definition) is 4. The molecule has 0 radical (unpaired) electrons. The van der Waals surface area contributed by atoms with Crippen LogP contribution in [0.5, 0.6) is 0 Å². The largest absolute Gasteiger partial charge is 0.336 e. The van der Waals surface area contributed by atoms with Gasteiger partial charge in [0.15, 0.2) is 0 Å². The number of aryl methyl sites for hydroxylation is 2. The predicted octanol–water partition coefficient (Wildman–Crippen LogP) is 1.80. The first-order valence-corrected chi connectivity index (χ1v) is 7.48.